The quantitative estimate of drug-likeness (QED) is 0.473. The van der Waals surface area contributed by atoms with Crippen molar-refractivity contribution in [3.8, 4) is 11.5 Å². The highest BCUT2D eigenvalue weighted by Gasteiger charge is 2.25. The first-order chi connectivity index (χ1) is 17.1. The lowest BCUT2D eigenvalue weighted by atomic mass is 9.77. The predicted molar refractivity (Wildman–Crippen MR) is 148 cm³/mol. The van der Waals surface area contributed by atoms with Crippen LogP contribution in [0.2, 0.25) is 0 Å². The van der Waals surface area contributed by atoms with Crippen LogP contribution in [0.4, 0.5) is 0 Å². The minimum atomic E-state index is -0.0343. The minimum Gasteiger partial charge on any atom is -0.492 e. The first-order valence-corrected chi connectivity index (χ1v) is 13.6. The molecule has 36 heavy (non-hydrogen) atoms. The molecule has 0 radical (unpaired) electrons. The van der Waals surface area contributed by atoms with Gasteiger partial charge >= 0.3 is 0 Å². The SMILES string of the molecule is CN1CCC(Oc2cccc(C(C)(C)Cc3cc(OCCN4CCOCC4)cc(C(C)(C)C)c3)c2)C1. The van der Waals surface area contributed by atoms with E-state index in [1.165, 1.54) is 16.7 Å². The van der Waals surface area contributed by atoms with Crippen LogP contribution in [0.25, 0.3) is 0 Å². The Kier molecular flexibility index (Phi) is 8.64. The molecule has 4 rings (SSSR count). The third-order valence-corrected chi connectivity index (χ3v) is 7.52. The van der Waals surface area contributed by atoms with Gasteiger partial charge in [-0.15, -0.1) is 0 Å². The Morgan fingerprint density at radius 3 is 2.36 bits per heavy atom. The van der Waals surface area contributed by atoms with Gasteiger partial charge < -0.3 is 19.1 Å². The van der Waals surface area contributed by atoms with Gasteiger partial charge in [0.2, 0.25) is 0 Å². The zero-order valence-electron chi connectivity index (χ0n) is 23.3. The van der Waals surface area contributed by atoms with Gasteiger partial charge in [-0.25, -0.2) is 0 Å². The van der Waals surface area contributed by atoms with Crippen molar-refractivity contribution in [3.63, 3.8) is 0 Å². The van der Waals surface area contributed by atoms with Gasteiger partial charge in [0.15, 0.2) is 0 Å². The number of nitrogens with zero attached hydrogens (tertiary/aromatic N) is 2. The van der Waals surface area contributed by atoms with E-state index in [4.69, 9.17) is 14.2 Å². The van der Waals surface area contributed by atoms with Crippen LogP contribution in [0.5, 0.6) is 11.5 Å². The molecule has 198 valence electrons. The lowest BCUT2D eigenvalue weighted by Gasteiger charge is -2.29. The van der Waals surface area contributed by atoms with Crippen LogP contribution in [0.3, 0.4) is 0 Å². The van der Waals surface area contributed by atoms with Gasteiger partial charge in [0.1, 0.15) is 24.2 Å². The molecule has 5 nitrogen and oxygen atoms in total. The summed E-state index contributed by atoms with van der Waals surface area (Å²) in [5, 5.41) is 0. The summed E-state index contributed by atoms with van der Waals surface area (Å²) >= 11 is 0. The Balaban J connectivity index is 1.47. The Morgan fingerprint density at radius 2 is 1.67 bits per heavy atom. The van der Waals surface area contributed by atoms with E-state index in [-0.39, 0.29) is 16.9 Å². The van der Waals surface area contributed by atoms with Gasteiger partial charge in [-0.2, -0.15) is 0 Å². The maximum atomic E-state index is 6.34. The van der Waals surface area contributed by atoms with E-state index in [0.29, 0.717) is 6.61 Å². The average molecular weight is 495 g/mol. The van der Waals surface area contributed by atoms with Crippen LogP contribution in [0, 0.1) is 0 Å². The lowest BCUT2D eigenvalue weighted by molar-refractivity contribution is 0.0322. The number of ether oxygens (including phenoxy) is 3. The molecule has 0 N–H and O–H groups in total. The molecule has 2 fully saturated rings. The standard InChI is InChI=1S/C31H46N2O3/c1-30(2,3)26-18-24(19-29(21-26)35-17-14-33-12-15-34-16-13-33)22-31(4,5)25-8-7-9-27(20-25)36-28-10-11-32(6)23-28/h7-9,18-21,28H,10-17,22-23H2,1-6H3. The molecule has 5 heteroatoms. The number of hydrogen-bond acceptors (Lipinski definition) is 5. The molecule has 2 aliphatic heterocycles. The second-order valence-corrected chi connectivity index (χ2v) is 12.3. The van der Waals surface area contributed by atoms with Gasteiger partial charge in [0, 0.05) is 32.7 Å². The largest absolute Gasteiger partial charge is 0.492 e. The van der Waals surface area contributed by atoms with Crippen LogP contribution >= 0.6 is 0 Å². The first kappa shape index (κ1) is 27.0. The Labute approximate surface area is 218 Å². The normalized spacial score (nSPS) is 20.0. The zero-order chi connectivity index (χ0) is 25.8. The van der Waals surface area contributed by atoms with Gasteiger partial charge in [0.05, 0.1) is 13.2 Å². The van der Waals surface area contributed by atoms with E-state index in [1.54, 1.807) is 0 Å². The Hall–Kier alpha value is -2.08. The van der Waals surface area contributed by atoms with Gasteiger partial charge in [-0.3, -0.25) is 4.90 Å². The summed E-state index contributed by atoms with van der Waals surface area (Å²) in [5.41, 5.74) is 3.97. The van der Waals surface area contributed by atoms with Crippen molar-refractivity contribution in [1.29, 1.82) is 0 Å². The van der Waals surface area contributed by atoms with Gasteiger partial charge in [-0.05, 0) is 71.7 Å². The van der Waals surface area contributed by atoms with Crippen molar-refractivity contribution in [3.05, 3.63) is 59.2 Å². The second kappa shape index (κ2) is 11.5. The monoisotopic (exact) mass is 494 g/mol. The van der Waals surface area contributed by atoms with Crippen molar-refractivity contribution in [2.24, 2.45) is 0 Å². The van der Waals surface area contributed by atoms with Gasteiger partial charge in [0.25, 0.3) is 0 Å². The first-order valence-electron chi connectivity index (χ1n) is 13.6. The van der Waals surface area contributed by atoms with E-state index in [1.807, 2.05) is 0 Å². The number of benzene rings is 2. The zero-order valence-corrected chi connectivity index (χ0v) is 23.3. The molecule has 2 saturated heterocycles. The molecule has 0 aliphatic carbocycles. The van der Waals surface area contributed by atoms with Crippen LogP contribution in [-0.4, -0.2) is 75.5 Å². The number of likely N-dealkylation sites (tertiary alicyclic amines) is 1. The number of rotatable bonds is 9. The fraction of sp³-hybridized carbons (Fsp3) is 0.613. The molecule has 0 bridgehead atoms. The van der Waals surface area contributed by atoms with Crippen LogP contribution in [0.1, 0.15) is 57.7 Å². The van der Waals surface area contributed by atoms with Crippen molar-refractivity contribution >= 4 is 0 Å². The van der Waals surface area contributed by atoms with E-state index in [9.17, 15) is 0 Å². The molecule has 0 saturated carbocycles. The summed E-state index contributed by atoms with van der Waals surface area (Å²) in [4.78, 5) is 4.75. The van der Waals surface area contributed by atoms with Crippen LogP contribution in [-0.2, 0) is 22.0 Å². The van der Waals surface area contributed by atoms with Crippen LogP contribution < -0.4 is 9.47 Å². The van der Waals surface area contributed by atoms with Crippen molar-refractivity contribution in [2.75, 3.05) is 59.6 Å². The lowest BCUT2D eigenvalue weighted by Crippen LogP contribution is -2.38. The Morgan fingerprint density at radius 1 is 0.917 bits per heavy atom. The van der Waals surface area contributed by atoms with Crippen molar-refractivity contribution in [2.45, 2.75) is 64.4 Å². The fourth-order valence-corrected chi connectivity index (χ4v) is 5.18. The smallest absolute Gasteiger partial charge is 0.120 e. The predicted octanol–water partition coefficient (Wildman–Crippen LogP) is 5.30. The summed E-state index contributed by atoms with van der Waals surface area (Å²) in [7, 11) is 2.16. The third kappa shape index (κ3) is 7.47. The molecule has 0 amide bonds. The van der Waals surface area contributed by atoms with E-state index >= 15 is 0 Å². The average Bonchev–Trinajstić information content (AvgIpc) is 3.23. The van der Waals surface area contributed by atoms with E-state index in [2.05, 4.69) is 93.9 Å². The number of morpholine rings is 1. The summed E-state index contributed by atoms with van der Waals surface area (Å²) in [6, 6.07) is 15.5. The summed E-state index contributed by atoms with van der Waals surface area (Å²) < 4.78 is 18.1. The second-order valence-electron chi connectivity index (χ2n) is 12.3. The summed E-state index contributed by atoms with van der Waals surface area (Å²) in [6.07, 6.45) is 2.32. The maximum Gasteiger partial charge on any atom is 0.120 e. The fourth-order valence-electron chi connectivity index (χ4n) is 5.18. The summed E-state index contributed by atoms with van der Waals surface area (Å²) in [5.74, 6) is 1.96. The molecular formula is C31H46N2O3. The highest BCUT2D eigenvalue weighted by Crippen LogP contribution is 2.34. The van der Waals surface area contributed by atoms with Crippen molar-refractivity contribution in [1.82, 2.24) is 9.80 Å². The molecule has 2 aromatic rings. The topological polar surface area (TPSA) is 34.2 Å². The van der Waals surface area contributed by atoms with E-state index < -0.39 is 0 Å². The molecule has 0 aromatic heterocycles. The van der Waals surface area contributed by atoms with Gasteiger partial charge in [-0.1, -0.05) is 52.8 Å². The molecule has 2 aliphatic rings. The highest BCUT2D eigenvalue weighted by atomic mass is 16.5. The molecular weight excluding hydrogens is 448 g/mol. The molecule has 1 atom stereocenters. The van der Waals surface area contributed by atoms with Crippen LogP contribution in [0.15, 0.2) is 42.5 Å². The molecule has 2 heterocycles. The molecule has 0 spiro atoms. The van der Waals surface area contributed by atoms with Crippen molar-refractivity contribution < 1.29 is 14.2 Å². The molecule has 1 unspecified atom stereocenters. The summed E-state index contributed by atoms with van der Waals surface area (Å²) in [6.45, 7) is 18.9. The third-order valence-electron chi connectivity index (χ3n) is 7.52. The number of hydrogen-bond donors (Lipinski definition) is 0. The molecule has 2 aromatic carbocycles. The minimum absolute atomic E-state index is 0.0343. The Bertz CT molecular complexity index is 992. The van der Waals surface area contributed by atoms with E-state index in [0.717, 1.165) is 70.3 Å². The number of likely N-dealkylation sites (N-methyl/N-ethyl adjacent to an activating group) is 1. The highest BCUT2D eigenvalue weighted by molar-refractivity contribution is 5.41. The maximum absolute atomic E-state index is 6.34.